The summed E-state index contributed by atoms with van der Waals surface area (Å²) in [5.74, 6) is 0. The van der Waals surface area contributed by atoms with Crippen molar-refractivity contribution in [1.29, 1.82) is 0 Å². The number of imidazole rings is 1. The minimum Gasteiger partial charge on any atom is -0.336 e. The van der Waals surface area contributed by atoms with Crippen LogP contribution in [0.15, 0.2) is 18.7 Å². The summed E-state index contributed by atoms with van der Waals surface area (Å²) in [5.41, 5.74) is 0. The summed E-state index contributed by atoms with van der Waals surface area (Å²) in [6.45, 7) is 2.35. The van der Waals surface area contributed by atoms with Gasteiger partial charge in [-0.05, 0) is 25.8 Å². The Morgan fingerprint density at radius 2 is 2.20 bits per heavy atom. The lowest BCUT2D eigenvalue weighted by atomic mass is 10.4. The molecule has 0 saturated heterocycles. The molecule has 1 aromatic heterocycles. The third-order valence-corrected chi connectivity index (χ3v) is 4.86. The van der Waals surface area contributed by atoms with Crippen LogP contribution in [0, 0.1) is 0 Å². The Kier molecular flexibility index (Phi) is 5.53. The number of nitrogens with one attached hydrogen (secondary N) is 2. The maximum Gasteiger partial charge on any atom is 0.279 e. The van der Waals surface area contributed by atoms with Crippen LogP contribution in [0.5, 0.6) is 0 Å². The van der Waals surface area contributed by atoms with E-state index in [0.717, 1.165) is 13.0 Å². The smallest absolute Gasteiger partial charge is 0.279 e. The number of hydrogen-bond acceptors (Lipinski definition) is 4. The molecule has 1 fully saturated rings. The van der Waals surface area contributed by atoms with Crippen molar-refractivity contribution < 1.29 is 8.42 Å². The van der Waals surface area contributed by atoms with E-state index in [4.69, 9.17) is 0 Å². The first-order valence-electron chi connectivity index (χ1n) is 6.98. The molecule has 1 saturated carbocycles. The largest absolute Gasteiger partial charge is 0.336 e. The predicted octanol–water partition coefficient (Wildman–Crippen LogP) is -0.209. The Balaban J connectivity index is 1.62. The van der Waals surface area contributed by atoms with Gasteiger partial charge in [-0.2, -0.15) is 12.7 Å². The minimum absolute atomic E-state index is 0.364. The molecule has 8 heteroatoms. The Morgan fingerprint density at radius 3 is 2.85 bits per heavy atom. The van der Waals surface area contributed by atoms with E-state index in [1.807, 2.05) is 10.8 Å². The highest BCUT2D eigenvalue weighted by Crippen LogP contribution is 2.18. The van der Waals surface area contributed by atoms with E-state index in [9.17, 15) is 8.42 Å². The van der Waals surface area contributed by atoms with Gasteiger partial charge in [0.2, 0.25) is 0 Å². The van der Waals surface area contributed by atoms with Crippen LogP contribution in [0.3, 0.4) is 0 Å². The molecule has 0 unspecified atom stereocenters. The SMILES string of the molecule is CN(CCCNC1CC1)S(=O)(=O)NCCn1ccnc1. The summed E-state index contributed by atoms with van der Waals surface area (Å²) in [6.07, 6.45) is 8.49. The van der Waals surface area contributed by atoms with Crippen LogP contribution in [0.1, 0.15) is 19.3 Å². The minimum atomic E-state index is -3.38. The fraction of sp³-hybridized carbons (Fsp3) is 0.750. The average Bonchev–Trinajstić information content (AvgIpc) is 3.09. The van der Waals surface area contributed by atoms with Gasteiger partial charge < -0.3 is 9.88 Å². The second-order valence-electron chi connectivity index (χ2n) is 5.10. The van der Waals surface area contributed by atoms with E-state index in [1.54, 1.807) is 19.6 Å². The molecule has 1 aliphatic rings. The standard InChI is InChI=1S/C12H23N5O2S/c1-16(8-2-5-14-12-3-4-12)20(18,19)15-7-10-17-9-6-13-11-17/h6,9,11-12,14-15H,2-5,7-8,10H2,1H3. The zero-order chi connectivity index (χ0) is 14.4. The maximum atomic E-state index is 12.0. The molecule has 0 aliphatic heterocycles. The molecule has 1 aliphatic carbocycles. The summed E-state index contributed by atoms with van der Waals surface area (Å²) < 4.78 is 29.7. The molecule has 20 heavy (non-hydrogen) atoms. The molecule has 0 spiro atoms. The van der Waals surface area contributed by atoms with Crippen molar-refractivity contribution in [2.75, 3.05) is 26.7 Å². The lowest BCUT2D eigenvalue weighted by Gasteiger charge is -2.17. The highest BCUT2D eigenvalue weighted by molar-refractivity contribution is 7.87. The van der Waals surface area contributed by atoms with Crippen molar-refractivity contribution in [1.82, 2.24) is 23.9 Å². The Morgan fingerprint density at radius 1 is 1.40 bits per heavy atom. The van der Waals surface area contributed by atoms with Gasteiger partial charge >= 0.3 is 0 Å². The average molecular weight is 301 g/mol. The first-order chi connectivity index (χ1) is 9.58. The predicted molar refractivity (Wildman–Crippen MR) is 77.4 cm³/mol. The molecule has 1 heterocycles. The van der Waals surface area contributed by atoms with Crippen molar-refractivity contribution >= 4 is 10.2 Å². The van der Waals surface area contributed by atoms with Gasteiger partial charge in [0.1, 0.15) is 0 Å². The van der Waals surface area contributed by atoms with Crippen LogP contribution in [0.4, 0.5) is 0 Å². The summed E-state index contributed by atoms with van der Waals surface area (Å²) in [4.78, 5) is 3.91. The van der Waals surface area contributed by atoms with Crippen LogP contribution in [-0.4, -0.2) is 55.0 Å². The summed E-state index contributed by atoms with van der Waals surface area (Å²) in [7, 11) is -1.77. The molecule has 1 aromatic rings. The molecule has 0 bridgehead atoms. The Bertz CT molecular complexity index is 484. The number of rotatable bonds is 10. The second-order valence-corrected chi connectivity index (χ2v) is 6.97. The normalized spacial score (nSPS) is 15.9. The van der Waals surface area contributed by atoms with Crippen LogP contribution in [0.2, 0.25) is 0 Å². The van der Waals surface area contributed by atoms with Crippen LogP contribution >= 0.6 is 0 Å². The van der Waals surface area contributed by atoms with Gasteiger partial charge in [-0.1, -0.05) is 0 Å². The third-order valence-electron chi connectivity index (χ3n) is 3.28. The van der Waals surface area contributed by atoms with E-state index in [0.29, 0.717) is 25.7 Å². The van der Waals surface area contributed by atoms with E-state index in [-0.39, 0.29) is 0 Å². The van der Waals surface area contributed by atoms with Gasteiger partial charge in [0, 0.05) is 45.1 Å². The molecule has 2 rings (SSSR count). The van der Waals surface area contributed by atoms with E-state index >= 15 is 0 Å². The van der Waals surface area contributed by atoms with Crippen molar-refractivity contribution in [3.63, 3.8) is 0 Å². The molecular formula is C12H23N5O2S. The molecule has 7 nitrogen and oxygen atoms in total. The quantitative estimate of drug-likeness (QED) is 0.586. The molecule has 0 aromatic carbocycles. The van der Waals surface area contributed by atoms with Crippen molar-refractivity contribution in [3.8, 4) is 0 Å². The topological polar surface area (TPSA) is 79.3 Å². The van der Waals surface area contributed by atoms with Crippen molar-refractivity contribution in [2.24, 2.45) is 0 Å². The molecule has 114 valence electrons. The van der Waals surface area contributed by atoms with Crippen LogP contribution in [0.25, 0.3) is 0 Å². The van der Waals surface area contributed by atoms with E-state index < -0.39 is 10.2 Å². The molecule has 0 radical (unpaired) electrons. The maximum absolute atomic E-state index is 12.0. The molecule has 0 atom stereocenters. The summed E-state index contributed by atoms with van der Waals surface area (Å²) in [6, 6.07) is 0.671. The second kappa shape index (κ2) is 7.16. The molecule has 2 N–H and O–H groups in total. The Labute approximate surface area is 120 Å². The summed E-state index contributed by atoms with van der Waals surface area (Å²) in [5, 5.41) is 3.37. The van der Waals surface area contributed by atoms with E-state index in [2.05, 4.69) is 15.0 Å². The van der Waals surface area contributed by atoms with Gasteiger partial charge in [-0.15, -0.1) is 0 Å². The fourth-order valence-corrected chi connectivity index (χ4v) is 2.79. The molecule has 0 amide bonds. The van der Waals surface area contributed by atoms with Crippen LogP contribution < -0.4 is 10.0 Å². The van der Waals surface area contributed by atoms with Gasteiger partial charge in [0.05, 0.1) is 6.33 Å². The van der Waals surface area contributed by atoms with Gasteiger partial charge in [-0.25, -0.2) is 9.71 Å². The number of aromatic nitrogens is 2. The first-order valence-corrected chi connectivity index (χ1v) is 8.42. The first kappa shape index (κ1) is 15.4. The highest BCUT2D eigenvalue weighted by Gasteiger charge is 2.20. The number of nitrogens with zero attached hydrogens (tertiary/aromatic N) is 3. The lowest BCUT2D eigenvalue weighted by Crippen LogP contribution is -2.40. The van der Waals surface area contributed by atoms with Gasteiger partial charge in [0.15, 0.2) is 0 Å². The van der Waals surface area contributed by atoms with Crippen LogP contribution in [-0.2, 0) is 16.8 Å². The lowest BCUT2D eigenvalue weighted by molar-refractivity contribution is 0.442. The van der Waals surface area contributed by atoms with Gasteiger partial charge in [0.25, 0.3) is 10.2 Å². The van der Waals surface area contributed by atoms with Crippen molar-refractivity contribution in [3.05, 3.63) is 18.7 Å². The van der Waals surface area contributed by atoms with Gasteiger partial charge in [-0.3, -0.25) is 0 Å². The van der Waals surface area contributed by atoms with Crippen molar-refractivity contribution in [2.45, 2.75) is 31.8 Å². The Hall–Kier alpha value is -0.960. The third kappa shape index (κ3) is 5.20. The molecular weight excluding hydrogens is 278 g/mol. The fourth-order valence-electron chi connectivity index (χ4n) is 1.85. The zero-order valence-corrected chi connectivity index (χ0v) is 12.6. The zero-order valence-electron chi connectivity index (χ0n) is 11.8. The van der Waals surface area contributed by atoms with E-state index in [1.165, 1.54) is 17.1 Å². The highest BCUT2D eigenvalue weighted by atomic mass is 32.2. The monoisotopic (exact) mass is 301 g/mol. The number of hydrogen-bond donors (Lipinski definition) is 2. The summed E-state index contributed by atoms with van der Waals surface area (Å²) >= 11 is 0.